The van der Waals surface area contributed by atoms with E-state index in [9.17, 15) is 31.9 Å². The lowest BCUT2D eigenvalue weighted by Crippen LogP contribution is -2.27. The fourth-order valence-corrected chi connectivity index (χ4v) is 2.16. The molecule has 0 saturated heterocycles. The fraction of sp³-hybridized carbons (Fsp3) is 0.333. The smallest absolute Gasteiger partial charge is 0.341 e. The Kier molecular flexibility index (Phi) is 5.77. The topological polar surface area (TPSA) is 103 Å². The summed E-state index contributed by atoms with van der Waals surface area (Å²) in [5.41, 5.74) is 0.0802. The van der Waals surface area contributed by atoms with Crippen molar-refractivity contribution in [3.63, 3.8) is 0 Å². The number of carbonyl (C=O) groups is 2. The third-order valence-electron chi connectivity index (χ3n) is 2.52. The zero-order valence-corrected chi connectivity index (χ0v) is 11.5. The van der Waals surface area contributed by atoms with Crippen LogP contribution in [0.25, 0.3) is 0 Å². The highest BCUT2D eigenvalue weighted by Gasteiger charge is 2.26. The molecule has 21 heavy (non-hydrogen) atoms. The van der Waals surface area contributed by atoms with E-state index in [1.54, 1.807) is 0 Å². The lowest BCUT2D eigenvalue weighted by atomic mass is 10.2. The van der Waals surface area contributed by atoms with Gasteiger partial charge in [-0.1, -0.05) is 0 Å². The van der Waals surface area contributed by atoms with E-state index in [4.69, 9.17) is 0 Å². The van der Waals surface area contributed by atoms with Gasteiger partial charge in [0.25, 0.3) is 5.91 Å². The summed E-state index contributed by atoms with van der Waals surface area (Å²) in [4.78, 5) is 21.2. The molecule has 1 amide bonds. The van der Waals surface area contributed by atoms with Crippen LogP contribution >= 0.6 is 0 Å². The van der Waals surface area contributed by atoms with Crippen LogP contribution in [0.3, 0.4) is 0 Å². The second-order valence-electron chi connectivity index (χ2n) is 4.06. The van der Waals surface area contributed by atoms with Gasteiger partial charge in [-0.25, -0.2) is 8.42 Å². The average Bonchev–Trinajstić information content (AvgIpc) is 2.43. The first kappa shape index (κ1) is 17.0. The van der Waals surface area contributed by atoms with Crippen LogP contribution in [0, 0.1) is 0 Å². The van der Waals surface area contributed by atoms with Crippen molar-refractivity contribution in [1.29, 1.82) is 0 Å². The molecule has 0 heterocycles. The summed E-state index contributed by atoms with van der Waals surface area (Å²) in [5, 5.41) is 12.6. The Morgan fingerprint density at radius 3 is 2.24 bits per heavy atom. The quantitative estimate of drug-likeness (QED) is 0.709. The van der Waals surface area contributed by atoms with Gasteiger partial charge in [0, 0.05) is 18.1 Å². The summed E-state index contributed by atoms with van der Waals surface area (Å²) in [5.74, 6) is -5.32. The van der Waals surface area contributed by atoms with Crippen molar-refractivity contribution in [3.8, 4) is 0 Å². The standard InChI is InChI=1S/C12H13F2NO5S/c13-12(14)21(19,20)9-5-3-8(4-6-9)11(18)15-7-1-2-10(16)17/h3-6,12H,1-2,7H2,(H,15,18)(H,16,17)/p-1. The predicted octanol–water partition coefficient (Wildman–Crippen LogP) is -0.0572. The van der Waals surface area contributed by atoms with Gasteiger partial charge in [0.05, 0.1) is 4.90 Å². The Balaban J connectivity index is 2.66. The Morgan fingerprint density at radius 1 is 1.19 bits per heavy atom. The molecule has 0 atom stereocenters. The number of amides is 1. The number of carboxylic acid groups (broad SMARTS) is 1. The van der Waals surface area contributed by atoms with Crippen molar-refractivity contribution in [2.75, 3.05) is 6.54 Å². The first-order valence-electron chi connectivity index (χ1n) is 5.85. The molecule has 1 aromatic rings. The molecule has 0 spiro atoms. The number of hydrogen-bond donors (Lipinski definition) is 1. The van der Waals surface area contributed by atoms with E-state index in [1.807, 2.05) is 0 Å². The van der Waals surface area contributed by atoms with Crippen LogP contribution in [0.15, 0.2) is 29.2 Å². The van der Waals surface area contributed by atoms with Crippen molar-refractivity contribution >= 4 is 21.7 Å². The third-order valence-corrected chi connectivity index (χ3v) is 3.92. The second kappa shape index (κ2) is 7.11. The largest absolute Gasteiger partial charge is 0.550 e. The van der Waals surface area contributed by atoms with Gasteiger partial charge in [-0.05, 0) is 37.1 Å². The van der Waals surface area contributed by atoms with E-state index in [0.717, 1.165) is 24.3 Å². The van der Waals surface area contributed by atoms with Crippen LogP contribution in [0.4, 0.5) is 8.78 Å². The third kappa shape index (κ3) is 4.78. The zero-order valence-electron chi connectivity index (χ0n) is 10.7. The van der Waals surface area contributed by atoms with Crippen molar-refractivity contribution in [3.05, 3.63) is 29.8 Å². The second-order valence-corrected chi connectivity index (χ2v) is 5.98. The van der Waals surface area contributed by atoms with E-state index in [1.165, 1.54) is 0 Å². The number of sulfone groups is 1. The SMILES string of the molecule is O=C([O-])CCCNC(=O)c1ccc(S(=O)(=O)C(F)F)cc1. The van der Waals surface area contributed by atoms with Crippen LogP contribution in [-0.2, 0) is 14.6 Å². The van der Waals surface area contributed by atoms with E-state index < -0.39 is 32.4 Å². The number of halogens is 2. The van der Waals surface area contributed by atoms with Gasteiger partial charge in [0.1, 0.15) is 0 Å². The average molecular weight is 320 g/mol. The summed E-state index contributed by atoms with van der Waals surface area (Å²) < 4.78 is 47.0. The van der Waals surface area contributed by atoms with Crippen molar-refractivity contribution in [1.82, 2.24) is 5.32 Å². The van der Waals surface area contributed by atoms with Crippen LogP contribution in [0.2, 0.25) is 0 Å². The van der Waals surface area contributed by atoms with E-state index in [0.29, 0.717) is 0 Å². The predicted molar refractivity (Wildman–Crippen MR) is 66.2 cm³/mol. The van der Waals surface area contributed by atoms with Gasteiger partial charge in [0.15, 0.2) is 0 Å². The van der Waals surface area contributed by atoms with Crippen molar-refractivity contribution < 1.29 is 31.9 Å². The van der Waals surface area contributed by atoms with E-state index in [2.05, 4.69) is 5.32 Å². The molecular formula is C12H12F2NO5S-. The minimum absolute atomic E-state index is 0.0802. The molecule has 0 aliphatic rings. The van der Waals surface area contributed by atoms with Crippen LogP contribution in [0.5, 0.6) is 0 Å². The molecule has 0 saturated carbocycles. The van der Waals surface area contributed by atoms with Crippen molar-refractivity contribution in [2.24, 2.45) is 0 Å². The van der Waals surface area contributed by atoms with Crippen LogP contribution in [0.1, 0.15) is 23.2 Å². The molecule has 0 aliphatic heterocycles. The monoisotopic (exact) mass is 320 g/mol. The lowest BCUT2D eigenvalue weighted by molar-refractivity contribution is -0.305. The number of nitrogens with one attached hydrogen (secondary N) is 1. The van der Waals surface area contributed by atoms with Crippen LogP contribution < -0.4 is 10.4 Å². The molecule has 0 fully saturated rings. The molecule has 116 valence electrons. The summed E-state index contributed by atoms with van der Waals surface area (Å²) in [7, 11) is -4.69. The number of rotatable bonds is 7. The number of aliphatic carboxylic acids is 1. The highest BCUT2D eigenvalue weighted by Crippen LogP contribution is 2.18. The fourth-order valence-electron chi connectivity index (χ4n) is 1.44. The van der Waals surface area contributed by atoms with E-state index in [-0.39, 0.29) is 24.9 Å². The maximum atomic E-state index is 12.3. The minimum Gasteiger partial charge on any atom is -0.550 e. The molecule has 0 aromatic heterocycles. The zero-order chi connectivity index (χ0) is 16.0. The normalized spacial score (nSPS) is 11.4. The molecule has 6 nitrogen and oxygen atoms in total. The maximum absolute atomic E-state index is 12.3. The Labute approximate surface area is 119 Å². The summed E-state index contributed by atoms with van der Waals surface area (Å²) in [6, 6.07) is 4.03. The molecular weight excluding hydrogens is 308 g/mol. The van der Waals surface area contributed by atoms with Gasteiger partial charge in [-0.3, -0.25) is 4.79 Å². The first-order valence-corrected chi connectivity index (χ1v) is 7.40. The van der Waals surface area contributed by atoms with Crippen LogP contribution in [-0.4, -0.2) is 32.6 Å². The van der Waals surface area contributed by atoms with Gasteiger partial charge in [-0.15, -0.1) is 0 Å². The molecule has 0 bridgehead atoms. The van der Waals surface area contributed by atoms with Gasteiger partial charge in [0.2, 0.25) is 9.84 Å². The summed E-state index contributed by atoms with van der Waals surface area (Å²) >= 11 is 0. The number of alkyl halides is 2. The Morgan fingerprint density at radius 2 is 1.76 bits per heavy atom. The van der Waals surface area contributed by atoms with Crippen molar-refractivity contribution in [2.45, 2.75) is 23.5 Å². The first-order chi connectivity index (χ1) is 9.75. The Hall–Kier alpha value is -2.03. The number of carbonyl (C=O) groups excluding carboxylic acids is 2. The molecule has 0 aliphatic carbocycles. The number of hydrogen-bond acceptors (Lipinski definition) is 5. The number of carboxylic acids is 1. The molecule has 1 aromatic carbocycles. The molecule has 9 heteroatoms. The molecule has 1 N–H and O–H groups in total. The van der Waals surface area contributed by atoms with Gasteiger partial charge in [-0.2, -0.15) is 8.78 Å². The Bertz CT molecular complexity index is 613. The van der Waals surface area contributed by atoms with Gasteiger partial charge < -0.3 is 15.2 Å². The van der Waals surface area contributed by atoms with Gasteiger partial charge >= 0.3 is 5.76 Å². The maximum Gasteiger partial charge on any atom is 0.341 e. The summed E-state index contributed by atoms with van der Waals surface area (Å²) in [6.45, 7) is 0.101. The summed E-state index contributed by atoms with van der Waals surface area (Å²) in [6.07, 6.45) is -0.0161. The number of benzene rings is 1. The lowest BCUT2D eigenvalue weighted by Gasteiger charge is -2.07. The molecule has 0 unspecified atom stereocenters. The van der Waals surface area contributed by atoms with E-state index >= 15 is 0 Å². The molecule has 0 radical (unpaired) electrons. The highest BCUT2D eigenvalue weighted by molar-refractivity contribution is 7.91. The highest BCUT2D eigenvalue weighted by atomic mass is 32.2. The minimum atomic E-state index is -4.69. The molecule has 1 rings (SSSR count).